The highest BCUT2D eigenvalue weighted by Crippen LogP contribution is 2.16. The predicted octanol–water partition coefficient (Wildman–Crippen LogP) is 0.395. The van der Waals surface area contributed by atoms with E-state index in [1.165, 1.54) is 10.9 Å². The van der Waals surface area contributed by atoms with Crippen molar-refractivity contribution in [3.8, 4) is 0 Å². The summed E-state index contributed by atoms with van der Waals surface area (Å²) >= 11 is 5.64. The zero-order valence-corrected chi connectivity index (χ0v) is 19.0. The van der Waals surface area contributed by atoms with Gasteiger partial charge in [0.15, 0.2) is 5.69 Å². The SMILES string of the molecule is Cn1cc(NC(=O)c2cccc(C(C=NCCCl)=CN)n2)c(C(=O)NCC2CNCCO2)n1. The molecule has 2 aromatic rings. The van der Waals surface area contributed by atoms with Crippen molar-refractivity contribution >= 4 is 40.9 Å². The van der Waals surface area contributed by atoms with Crippen LogP contribution in [0, 0.1) is 0 Å². The van der Waals surface area contributed by atoms with E-state index in [-0.39, 0.29) is 23.2 Å². The topological polar surface area (TPSA) is 149 Å². The smallest absolute Gasteiger partial charge is 0.274 e. The molecule has 1 aliphatic rings. The van der Waals surface area contributed by atoms with Gasteiger partial charge in [-0.25, -0.2) is 4.98 Å². The fourth-order valence-electron chi connectivity index (χ4n) is 3.10. The number of hydrogen-bond donors (Lipinski definition) is 4. The molecule has 176 valence electrons. The number of pyridine rings is 1. The minimum Gasteiger partial charge on any atom is -0.404 e. The Morgan fingerprint density at radius 3 is 2.94 bits per heavy atom. The third-order valence-corrected chi connectivity index (χ3v) is 4.86. The number of ether oxygens (including phenoxy) is 1. The number of nitrogens with one attached hydrogen (secondary N) is 3. The van der Waals surface area contributed by atoms with Crippen molar-refractivity contribution in [2.45, 2.75) is 6.10 Å². The van der Waals surface area contributed by atoms with Crippen molar-refractivity contribution in [3.63, 3.8) is 0 Å². The number of aromatic nitrogens is 3. The summed E-state index contributed by atoms with van der Waals surface area (Å²) in [6.07, 6.45) is 4.35. The molecule has 5 N–H and O–H groups in total. The summed E-state index contributed by atoms with van der Waals surface area (Å²) in [6.45, 7) is 2.81. The summed E-state index contributed by atoms with van der Waals surface area (Å²) in [6, 6.07) is 4.96. The molecule has 1 atom stereocenters. The number of alkyl halides is 1. The van der Waals surface area contributed by atoms with Crippen LogP contribution < -0.4 is 21.7 Å². The molecule has 1 unspecified atom stereocenters. The van der Waals surface area contributed by atoms with Crippen LogP contribution in [0.5, 0.6) is 0 Å². The summed E-state index contributed by atoms with van der Waals surface area (Å²) in [7, 11) is 1.66. The predicted molar refractivity (Wildman–Crippen MR) is 127 cm³/mol. The molecule has 0 aliphatic carbocycles. The molecule has 11 nitrogen and oxygen atoms in total. The number of halogens is 1. The van der Waals surface area contributed by atoms with Gasteiger partial charge in [-0.1, -0.05) is 6.07 Å². The number of allylic oxidation sites excluding steroid dienone is 1. The van der Waals surface area contributed by atoms with Crippen molar-refractivity contribution in [2.75, 3.05) is 44.0 Å². The molecule has 0 saturated carbocycles. The molecule has 0 spiro atoms. The van der Waals surface area contributed by atoms with E-state index < -0.39 is 11.8 Å². The summed E-state index contributed by atoms with van der Waals surface area (Å²) in [5.41, 5.74) is 7.23. The molecule has 1 saturated heterocycles. The highest BCUT2D eigenvalue weighted by molar-refractivity contribution is 6.18. The number of nitrogens with zero attached hydrogens (tertiary/aromatic N) is 4. The van der Waals surface area contributed by atoms with Crippen molar-refractivity contribution < 1.29 is 14.3 Å². The fraction of sp³-hybridized carbons (Fsp3) is 0.381. The summed E-state index contributed by atoms with van der Waals surface area (Å²) in [5, 5.41) is 12.9. The van der Waals surface area contributed by atoms with Crippen molar-refractivity contribution in [3.05, 3.63) is 47.7 Å². The molecule has 2 aromatic heterocycles. The van der Waals surface area contributed by atoms with Crippen LogP contribution in [0.1, 0.15) is 26.7 Å². The number of amides is 2. The van der Waals surface area contributed by atoms with Crippen molar-refractivity contribution in [1.29, 1.82) is 0 Å². The minimum absolute atomic E-state index is 0.0986. The lowest BCUT2D eigenvalue weighted by molar-refractivity contribution is 0.0287. The molecule has 3 rings (SSSR count). The first kappa shape index (κ1) is 24.4. The third kappa shape index (κ3) is 6.85. The maximum absolute atomic E-state index is 12.9. The summed E-state index contributed by atoms with van der Waals surface area (Å²) in [4.78, 5) is 34.0. The molecule has 2 amide bonds. The van der Waals surface area contributed by atoms with Crippen LogP contribution in [-0.4, -0.2) is 77.6 Å². The number of hydrogen-bond acceptors (Lipinski definition) is 8. The Morgan fingerprint density at radius 1 is 1.39 bits per heavy atom. The van der Waals surface area contributed by atoms with E-state index in [2.05, 4.69) is 31.0 Å². The van der Waals surface area contributed by atoms with Crippen LogP contribution in [0.15, 0.2) is 35.6 Å². The number of rotatable bonds is 9. The normalized spacial score (nSPS) is 16.7. The Hall–Kier alpha value is -3.28. The Morgan fingerprint density at radius 2 is 2.21 bits per heavy atom. The molecular formula is C21H27ClN8O3. The fourth-order valence-corrected chi connectivity index (χ4v) is 3.20. The summed E-state index contributed by atoms with van der Waals surface area (Å²) in [5.74, 6) is -0.520. The average Bonchev–Trinajstić information content (AvgIpc) is 3.21. The van der Waals surface area contributed by atoms with Gasteiger partial charge in [-0.05, 0) is 12.1 Å². The standard InChI is InChI=1S/C21H27ClN8O3/c1-30-13-18(19(29-30)21(32)26-12-15-11-25-7-8-33-15)28-20(31)17-4-2-3-16(27-17)14(9-23)10-24-6-5-22/h2-4,9-10,13,15,25H,5-8,11-12,23H2,1H3,(H,26,32)(H,28,31). The maximum Gasteiger partial charge on any atom is 0.274 e. The highest BCUT2D eigenvalue weighted by Gasteiger charge is 2.21. The highest BCUT2D eigenvalue weighted by atomic mass is 35.5. The van der Waals surface area contributed by atoms with Crippen LogP contribution in [0.25, 0.3) is 5.57 Å². The second kappa shape index (κ2) is 12.1. The van der Waals surface area contributed by atoms with Crippen LogP contribution in [0.4, 0.5) is 5.69 Å². The number of aryl methyl sites for hydroxylation is 1. The van der Waals surface area contributed by atoms with Gasteiger partial charge < -0.3 is 26.4 Å². The quantitative estimate of drug-likeness (QED) is 0.303. The van der Waals surface area contributed by atoms with Gasteiger partial charge in [-0.2, -0.15) is 5.10 Å². The first-order valence-corrected chi connectivity index (χ1v) is 11.0. The second-order valence-electron chi connectivity index (χ2n) is 7.18. The number of carbonyl (C=O) groups excluding carboxylic acids is 2. The zero-order chi connectivity index (χ0) is 23.6. The first-order chi connectivity index (χ1) is 16.0. The van der Waals surface area contributed by atoms with Gasteiger partial charge in [0, 0.05) is 56.7 Å². The number of carbonyl (C=O) groups is 2. The van der Waals surface area contributed by atoms with E-state index in [0.29, 0.717) is 43.4 Å². The van der Waals surface area contributed by atoms with E-state index in [1.807, 2.05) is 0 Å². The molecule has 1 fully saturated rings. The number of anilines is 1. The lowest BCUT2D eigenvalue weighted by atomic mass is 10.2. The van der Waals surface area contributed by atoms with Crippen molar-refractivity contribution in [2.24, 2.45) is 17.8 Å². The van der Waals surface area contributed by atoms with Gasteiger partial charge >= 0.3 is 0 Å². The lowest BCUT2D eigenvalue weighted by Gasteiger charge is -2.23. The lowest BCUT2D eigenvalue weighted by Crippen LogP contribution is -2.45. The maximum atomic E-state index is 12.9. The van der Waals surface area contributed by atoms with Gasteiger partial charge in [0.05, 0.1) is 30.6 Å². The number of nitrogens with two attached hydrogens (primary N) is 1. The largest absolute Gasteiger partial charge is 0.404 e. The van der Waals surface area contributed by atoms with Gasteiger partial charge in [-0.15, -0.1) is 11.6 Å². The van der Waals surface area contributed by atoms with Crippen LogP contribution in [0.2, 0.25) is 0 Å². The molecular weight excluding hydrogens is 448 g/mol. The van der Waals surface area contributed by atoms with Crippen LogP contribution in [-0.2, 0) is 11.8 Å². The molecule has 3 heterocycles. The van der Waals surface area contributed by atoms with E-state index in [4.69, 9.17) is 22.1 Å². The molecule has 0 bridgehead atoms. The Kier molecular flexibility index (Phi) is 8.93. The monoisotopic (exact) mass is 474 g/mol. The van der Waals surface area contributed by atoms with Gasteiger partial charge in [0.1, 0.15) is 5.69 Å². The van der Waals surface area contributed by atoms with Crippen LogP contribution in [0.3, 0.4) is 0 Å². The Balaban J connectivity index is 1.70. The number of aliphatic imine (C=N–C) groups is 1. The number of morpholine rings is 1. The van der Waals surface area contributed by atoms with Gasteiger partial charge in [-0.3, -0.25) is 19.3 Å². The van der Waals surface area contributed by atoms with Crippen LogP contribution >= 0.6 is 11.6 Å². The van der Waals surface area contributed by atoms with E-state index in [0.717, 1.165) is 6.54 Å². The molecule has 1 aliphatic heterocycles. The zero-order valence-electron chi connectivity index (χ0n) is 18.3. The van der Waals surface area contributed by atoms with E-state index in [9.17, 15) is 9.59 Å². The Labute approximate surface area is 196 Å². The third-order valence-electron chi connectivity index (χ3n) is 4.69. The van der Waals surface area contributed by atoms with E-state index in [1.54, 1.807) is 37.7 Å². The second-order valence-corrected chi connectivity index (χ2v) is 7.56. The summed E-state index contributed by atoms with van der Waals surface area (Å²) < 4.78 is 7.04. The average molecular weight is 475 g/mol. The molecule has 33 heavy (non-hydrogen) atoms. The van der Waals surface area contributed by atoms with Gasteiger partial charge in [0.25, 0.3) is 11.8 Å². The molecule has 12 heteroatoms. The van der Waals surface area contributed by atoms with Crippen molar-refractivity contribution in [1.82, 2.24) is 25.4 Å². The first-order valence-electron chi connectivity index (χ1n) is 10.4. The molecule has 0 aromatic carbocycles. The molecule has 0 radical (unpaired) electrons. The Bertz CT molecular complexity index is 1030. The van der Waals surface area contributed by atoms with E-state index >= 15 is 0 Å². The van der Waals surface area contributed by atoms with Gasteiger partial charge in [0.2, 0.25) is 0 Å². The minimum atomic E-state index is -0.493.